The molecule has 6 N–H and O–H groups in total. The zero-order valence-corrected chi connectivity index (χ0v) is 13.8. The summed E-state index contributed by atoms with van der Waals surface area (Å²) in [5, 5.41) is 6.75. The summed E-state index contributed by atoms with van der Waals surface area (Å²) in [7, 11) is 0. The van der Waals surface area contributed by atoms with Crippen molar-refractivity contribution in [3.8, 4) is 0 Å². The minimum absolute atomic E-state index is 0.193. The largest absolute Gasteiger partial charge is 0.316 e. The molecule has 0 aromatic heterocycles. The highest BCUT2D eigenvalue weighted by Crippen LogP contribution is 2.05. The average Bonchev–Trinajstić information content (AvgIpc) is 2.41. The molecule has 2 unspecified atom stereocenters. The Balaban J connectivity index is 3.10. The second kappa shape index (κ2) is 15.2. The van der Waals surface area contributed by atoms with E-state index in [9.17, 15) is 0 Å². The van der Waals surface area contributed by atoms with Crippen molar-refractivity contribution in [1.82, 2.24) is 10.6 Å². The summed E-state index contributed by atoms with van der Waals surface area (Å²) in [5.41, 5.74) is 11.8. The van der Waals surface area contributed by atoms with Crippen molar-refractivity contribution < 1.29 is 0 Å². The Morgan fingerprint density at radius 1 is 0.650 bits per heavy atom. The van der Waals surface area contributed by atoms with Crippen LogP contribution in [0.5, 0.6) is 0 Å². The van der Waals surface area contributed by atoms with Crippen molar-refractivity contribution in [2.75, 3.05) is 13.1 Å². The molecule has 0 fully saturated rings. The molecule has 0 rings (SSSR count). The molecule has 0 heterocycles. The Bertz CT molecular complexity index is 167. The molecule has 4 nitrogen and oxygen atoms in total. The van der Waals surface area contributed by atoms with Crippen LogP contribution in [0.15, 0.2) is 0 Å². The molecule has 2 atom stereocenters. The van der Waals surface area contributed by atoms with E-state index in [0.717, 1.165) is 38.8 Å². The second-order valence-electron chi connectivity index (χ2n) is 5.82. The predicted octanol–water partition coefficient (Wildman–Crippen LogP) is 2.68. The van der Waals surface area contributed by atoms with Gasteiger partial charge in [-0.2, -0.15) is 0 Å². The molecular formula is C16H38N4. The quantitative estimate of drug-likeness (QED) is 0.276. The van der Waals surface area contributed by atoms with Crippen LogP contribution in [0.4, 0.5) is 0 Å². The van der Waals surface area contributed by atoms with Crippen molar-refractivity contribution in [1.29, 1.82) is 0 Å². The van der Waals surface area contributed by atoms with E-state index in [1.165, 1.54) is 38.5 Å². The molecule has 0 aromatic carbocycles. The van der Waals surface area contributed by atoms with Crippen LogP contribution in [0.3, 0.4) is 0 Å². The third-order valence-corrected chi connectivity index (χ3v) is 3.62. The maximum Gasteiger partial charge on any atom is 0.0546 e. The average molecular weight is 287 g/mol. The first-order valence-corrected chi connectivity index (χ1v) is 8.68. The fourth-order valence-electron chi connectivity index (χ4n) is 2.36. The SMILES string of the molecule is CCCC(N)NCCCCCCCCNC(N)CCC. The smallest absolute Gasteiger partial charge is 0.0546 e. The lowest BCUT2D eigenvalue weighted by Crippen LogP contribution is -2.37. The maximum absolute atomic E-state index is 5.90. The number of nitrogens with one attached hydrogen (secondary N) is 2. The lowest BCUT2D eigenvalue weighted by atomic mass is 10.1. The van der Waals surface area contributed by atoms with Crippen molar-refractivity contribution in [3.05, 3.63) is 0 Å². The van der Waals surface area contributed by atoms with Gasteiger partial charge >= 0.3 is 0 Å². The molecule has 0 aliphatic carbocycles. The van der Waals surface area contributed by atoms with Gasteiger partial charge in [-0.3, -0.25) is 0 Å². The van der Waals surface area contributed by atoms with Gasteiger partial charge in [-0.05, 0) is 38.8 Å². The summed E-state index contributed by atoms with van der Waals surface area (Å²) < 4.78 is 0. The number of hydrogen-bond donors (Lipinski definition) is 4. The molecule has 0 radical (unpaired) electrons. The van der Waals surface area contributed by atoms with E-state index < -0.39 is 0 Å². The van der Waals surface area contributed by atoms with E-state index in [-0.39, 0.29) is 12.3 Å². The lowest BCUT2D eigenvalue weighted by Gasteiger charge is -2.13. The van der Waals surface area contributed by atoms with Crippen LogP contribution in [-0.2, 0) is 0 Å². The van der Waals surface area contributed by atoms with Crippen molar-refractivity contribution in [2.45, 2.75) is 90.4 Å². The molecule has 0 bridgehead atoms. The van der Waals surface area contributed by atoms with Gasteiger partial charge in [0.1, 0.15) is 0 Å². The number of hydrogen-bond acceptors (Lipinski definition) is 4. The van der Waals surface area contributed by atoms with Crippen LogP contribution in [-0.4, -0.2) is 25.4 Å². The highest BCUT2D eigenvalue weighted by molar-refractivity contribution is 4.59. The minimum Gasteiger partial charge on any atom is -0.316 e. The topological polar surface area (TPSA) is 76.1 Å². The molecule has 0 saturated heterocycles. The fourth-order valence-corrected chi connectivity index (χ4v) is 2.36. The predicted molar refractivity (Wildman–Crippen MR) is 89.5 cm³/mol. The summed E-state index contributed by atoms with van der Waals surface area (Å²) >= 11 is 0. The first-order valence-electron chi connectivity index (χ1n) is 8.68. The van der Waals surface area contributed by atoms with Gasteiger partial charge in [-0.15, -0.1) is 0 Å². The van der Waals surface area contributed by atoms with E-state index in [1.54, 1.807) is 0 Å². The van der Waals surface area contributed by atoms with Gasteiger partial charge in [-0.25, -0.2) is 0 Å². The fraction of sp³-hybridized carbons (Fsp3) is 1.00. The molecule has 20 heavy (non-hydrogen) atoms. The van der Waals surface area contributed by atoms with Gasteiger partial charge in [0, 0.05) is 0 Å². The molecule has 0 amide bonds. The third kappa shape index (κ3) is 14.3. The van der Waals surface area contributed by atoms with Crippen LogP contribution in [0.1, 0.15) is 78.1 Å². The van der Waals surface area contributed by atoms with E-state index in [4.69, 9.17) is 11.5 Å². The highest BCUT2D eigenvalue weighted by Gasteiger charge is 1.99. The highest BCUT2D eigenvalue weighted by atomic mass is 15.0. The van der Waals surface area contributed by atoms with Crippen molar-refractivity contribution >= 4 is 0 Å². The van der Waals surface area contributed by atoms with E-state index in [1.807, 2.05) is 0 Å². The zero-order valence-electron chi connectivity index (χ0n) is 13.8. The summed E-state index contributed by atoms with van der Waals surface area (Å²) in [6, 6.07) is 0. The normalized spacial score (nSPS) is 14.4. The molecule has 0 aromatic rings. The third-order valence-electron chi connectivity index (χ3n) is 3.62. The molecular weight excluding hydrogens is 248 g/mol. The van der Waals surface area contributed by atoms with Crippen LogP contribution >= 0.6 is 0 Å². The standard InChI is InChI=1S/C16H38N4/c1-3-11-15(17)19-13-9-7-5-6-8-10-14-20-16(18)12-4-2/h15-16,19-20H,3-14,17-18H2,1-2H3. The summed E-state index contributed by atoms with van der Waals surface area (Å²) in [6.45, 7) is 6.47. The van der Waals surface area contributed by atoms with E-state index in [2.05, 4.69) is 24.5 Å². The number of unbranched alkanes of at least 4 members (excludes halogenated alkanes) is 5. The number of rotatable bonds is 15. The molecule has 0 spiro atoms. The van der Waals surface area contributed by atoms with Gasteiger partial charge in [0.25, 0.3) is 0 Å². The Labute approximate surface area is 126 Å². The lowest BCUT2D eigenvalue weighted by molar-refractivity contribution is 0.461. The molecule has 4 heteroatoms. The monoisotopic (exact) mass is 286 g/mol. The molecule has 0 saturated carbocycles. The van der Waals surface area contributed by atoms with E-state index in [0.29, 0.717) is 0 Å². The van der Waals surface area contributed by atoms with Crippen molar-refractivity contribution in [3.63, 3.8) is 0 Å². The molecule has 0 aliphatic heterocycles. The number of nitrogens with two attached hydrogens (primary N) is 2. The summed E-state index contributed by atoms with van der Waals surface area (Å²) in [5.74, 6) is 0. The van der Waals surface area contributed by atoms with Crippen LogP contribution in [0, 0.1) is 0 Å². The Kier molecular flexibility index (Phi) is 15.1. The Morgan fingerprint density at radius 2 is 1.00 bits per heavy atom. The minimum atomic E-state index is 0.193. The Hall–Kier alpha value is -0.160. The van der Waals surface area contributed by atoms with Gasteiger partial charge < -0.3 is 22.1 Å². The summed E-state index contributed by atoms with van der Waals surface area (Å²) in [4.78, 5) is 0. The van der Waals surface area contributed by atoms with Crippen LogP contribution in [0.2, 0.25) is 0 Å². The van der Waals surface area contributed by atoms with Gasteiger partial charge in [0.2, 0.25) is 0 Å². The van der Waals surface area contributed by atoms with Crippen LogP contribution in [0.25, 0.3) is 0 Å². The molecule has 0 aliphatic rings. The first-order chi connectivity index (χ1) is 9.70. The Morgan fingerprint density at radius 3 is 1.35 bits per heavy atom. The molecule has 122 valence electrons. The zero-order chi connectivity index (χ0) is 15.1. The maximum atomic E-state index is 5.90. The first kappa shape index (κ1) is 19.8. The van der Waals surface area contributed by atoms with Crippen LogP contribution < -0.4 is 22.1 Å². The van der Waals surface area contributed by atoms with Gasteiger partial charge in [-0.1, -0.05) is 52.4 Å². The summed E-state index contributed by atoms with van der Waals surface area (Å²) in [6.07, 6.45) is 12.7. The van der Waals surface area contributed by atoms with Gasteiger partial charge in [0.15, 0.2) is 0 Å². The van der Waals surface area contributed by atoms with Gasteiger partial charge in [0.05, 0.1) is 12.3 Å². The second-order valence-corrected chi connectivity index (χ2v) is 5.82. The van der Waals surface area contributed by atoms with E-state index >= 15 is 0 Å². The van der Waals surface area contributed by atoms with Crippen molar-refractivity contribution in [2.24, 2.45) is 11.5 Å².